The molecule has 11 atom stereocenters. The summed E-state index contributed by atoms with van der Waals surface area (Å²) < 4.78 is 0. The maximum atomic E-state index is 14.8. The van der Waals surface area contributed by atoms with Crippen LogP contribution in [0.25, 0.3) is 0 Å². The minimum Gasteiger partial charge on any atom is -0.508 e. The summed E-state index contributed by atoms with van der Waals surface area (Å²) in [5.41, 5.74) is 39.6. The fraction of sp³-hybridized carbons (Fsp3) is 0.646. The molecule has 0 bridgehead atoms. The van der Waals surface area contributed by atoms with E-state index in [1.807, 2.05) is 0 Å². The van der Waals surface area contributed by atoms with Crippen LogP contribution >= 0.6 is 0 Å². The molecule has 0 unspecified atom stereocenters. The second-order valence-electron chi connectivity index (χ2n) is 25.2. The number of carbonyl (C=O) groups excluding carboxylic acids is 11. The van der Waals surface area contributed by atoms with E-state index in [4.69, 9.17) is 40.1 Å². The fourth-order valence-electron chi connectivity index (χ4n) is 10.5. The van der Waals surface area contributed by atoms with Crippen molar-refractivity contribution in [2.45, 2.75) is 223 Å². The van der Waals surface area contributed by atoms with Gasteiger partial charge in [0.1, 0.15) is 66.2 Å². The number of amides is 11. The minimum absolute atomic E-state index is 0.0271. The number of aromatic hydroxyl groups is 1. The van der Waals surface area contributed by atoms with Crippen LogP contribution in [0.4, 0.5) is 0 Å². The van der Waals surface area contributed by atoms with Crippen LogP contribution in [0.2, 0.25) is 0 Å². The third-order valence-electron chi connectivity index (χ3n) is 16.4. The highest BCUT2D eigenvalue weighted by molar-refractivity contribution is 5.99. The third kappa shape index (κ3) is 33.7. The molecule has 0 saturated carbocycles. The van der Waals surface area contributed by atoms with Crippen LogP contribution in [0.5, 0.6) is 5.75 Å². The second-order valence-corrected chi connectivity index (χ2v) is 25.2. The first-order chi connectivity index (χ1) is 47.3. The Hall–Kier alpha value is -9.67. The topological polar surface area (TPSA) is 601 Å². The molecule has 2 rings (SSSR count). The molecular weight excluding hydrogens is 1300 g/mol. The predicted molar refractivity (Wildman–Crippen MR) is 371 cm³/mol. The number of carboxylic acids is 2. The molecule has 11 amide bonds. The number of hydrogen-bond donors (Lipinski definition) is 19. The van der Waals surface area contributed by atoms with Crippen molar-refractivity contribution in [1.29, 1.82) is 0 Å². The zero-order chi connectivity index (χ0) is 75.0. The summed E-state index contributed by atoms with van der Waals surface area (Å²) >= 11 is 0. The van der Waals surface area contributed by atoms with E-state index in [0.29, 0.717) is 57.1 Å². The van der Waals surface area contributed by atoms with E-state index in [1.165, 1.54) is 36.1 Å². The number of benzene rings is 1. The van der Waals surface area contributed by atoms with E-state index in [1.54, 1.807) is 39.8 Å². The maximum absolute atomic E-state index is 14.8. The van der Waals surface area contributed by atoms with Gasteiger partial charge in [0.15, 0.2) is 11.9 Å². The largest absolute Gasteiger partial charge is 0.508 e. The average molecular weight is 1410 g/mol. The maximum Gasteiger partial charge on any atom is 0.303 e. The number of nitrogens with two attached hydrogens (primary N) is 7. The molecule has 0 spiro atoms. The molecule has 0 aliphatic carbocycles. The number of nitrogens with zero attached hydrogens (tertiary/aromatic N) is 3. The fourth-order valence-corrected chi connectivity index (χ4v) is 10.5. The van der Waals surface area contributed by atoms with E-state index in [2.05, 4.69) is 57.8 Å². The number of rotatable bonds is 44. The smallest absolute Gasteiger partial charge is 0.303 e. The van der Waals surface area contributed by atoms with Crippen molar-refractivity contribution in [3.63, 3.8) is 0 Å². The molecule has 0 radical (unpaired) electrons. The van der Waals surface area contributed by atoms with Crippen molar-refractivity contribution in [1.82, 2.24) is 52.8 Å². The molecular formula is C65H109N19O16. The molecule has 1 aliphatic heterocycles. The van der Waals surface area contributed by atoms with Gasteiger partial charge in [-0.2, -0.15) is 0 Å². The molecule has 0 saturated heterocycles. The summed E-state index contributed by atoms with van der Waals surface area (Å²) in [6.07, 6.45) is 3.39. The molecule has 0 fully saturated rings. The first-order valence-corrected chi connectivity index (χ1v) is 34.0. The molecule has 1 aromatic rings. The summed E-state index contributed by atoms with van der Waals surface area (Å²) in [6, 6.07) is -8.64. The lowest BCUT2D eigenvalue weighted by atomic mass is 9.96. The van der Waals surface area contributed by atoms with Gasteiger partial charge in [0.25, 0.3) is 0 Å². The quantitative estimate of drug-likeness (QED) is 0.0133. The Labute approximate surface area is 583 Å². The summed E-state index contributed by atoms with van der Waals surface area (Å²) in [5, 5.41) is 53.1. The molecule has 1 heterocycles. The van der Waals surface area contributed by atoms with Crippen molar-refractivity contribution in [3.05, 3.63) is 42.0 Å². The number of phenols is 1. The van der Waals surface area contributed by atoms with Crippen LogP contribution in [0.3, 0.4) is 0 Å². The normalized spacial score (nSPS) is 17.4. The van der Waals surface area contributed by atoms with Gasteiger partial charge in [0, 0.05) is 45.3 Å². The van der Waals surface area contributed by atoms with Gasteiger partial charge in [-0.3, -0.25) is 72.3 Å². The SMILES string of the molecule is CC[C@H](C)[C@@H]1NC(=O)[C@H](CCCN=C(N)N)NC(=O)CCC/C=C/CN([C@@H](C)C(=O)N[C@@H](CCCN=C(N)N)C(=O)N[C@@H](CC(C)C)C(=O)N[C@@H](CCC(=O)O)C(=O)N[C@@H](CCC(=O)O)C(=O)N[C@@H](CCCCN)C(=O)N[C@@H](Cc2ccc(O)cc2)C(=O)N[C@@H](CCCCN)C(N)=O)C1=O. The standard InChI is InChI=1S/C65H109N19O16/c1-6-38(4)53-63(100)84(34-14-8-7-9-21-50(86)75-43(60(97)83-53)19-15-32-73-64(69)70)39(5)55(92)77-45(20-16-33-74-65(71)72)57(94)81-48(35-37(2)3)61(98)80-47(27-29-52(89)90)59(96)79-46(26-28-51(87)88)58(95)78-44(18-11-13-31-67)56(93)82-49(36-40-22-24-41(85)25-23-40)62(99)76-42(54(68)91)17-10-12-30-66/h8,14,22-25,37-39,42-49,53,85H,6-7,9-13,15-21,26-36,66-67H2,1-5H3,(H2,68,91)(H,75,86)(H,76,99)(H,77,92)(H,78,95)(H,79,96)(H,80,98)(H,81,94)(H,82,93)(H,83,97)(H,87,88)(H,89,90)(H4,69,70,73)(H4,71,72,74)/b14-8+/t38-,39-,42-,43-,44-,45-,46-,47-,48-,49-,53-/m0/s1. The average Bonchev–Trinajstić information content (AvgIpc) is 0.833. The lowest BCUT2D eigenvalue weighted by Crippen LogP contribution is -2.61. The van der Waals surface area contributed by atoms with E-state index >= 15 is 0 Å². The van der Waals surface area contributed by atoms with Gasteiger partial charge in [-0.05, 0) is 146 Å². The van der Waals surface area contributed by atoms with Gasteiger partial charge >= 0.3 is 11.9 Å². The number of primary amides is 1. The Morgan fingerprint density at radius 2 is 1.02 bits per heavy atom. The highest BCUT2D eigenvalue weighted by Crippen LogP contribution is 2.19. The number of aliphatic carboxylic acids is 2. The number of guanidine groups is 2. The number of carbonyl (C=O) groups is 13. The van der Waals surface area contributed by atoms with Gasteiger partial charge in [-0.25, -0.2) is 0 Å². The van der Waals surface area contributed by atoms with Crippen molar-refractivity contribution >= 4 is 88.8 Å². The lowest BCUT2D eigenvalue weighted by molar-refractivity contribution is -0.144. The number of phenolic OH excluding ortho intramolecular Hbond substituents is 1. The summed E-state index contributed by atoms with van der Waals surface area (Å²) in [5.74, 6) is -13.7. The van der Waals surface area contributed by atoms with Crippen molar-refractivity contribution < 1.29 is 77.6 Å². The van der Waals surface area contributed by atoms with Crippen LogP contribution < -0.4 is 88.0 Å². The molecule has 0 aromatic heterocycles. The molecule has 560 valence electrons. The van der Waals surface area contributed by atoms with E-state index in [9.17, 15) is 77.6 Å². The summed E-state index contributed by atoms with van der Waals surface area (Å²) in [7, 11) is 0. The number of nitrogens with one attached hydrogen (secondary N) is 9. The van der Waals surface area contributed by atoms with Gasteiger partial charge in [0.05, 0.1) is 0 Å². The first-order valence-electron chi connectivity index (χ1n) is 34.0. The van der Waals surface area contributed by atoms with E-state index < -0.39 is 163 Å². The Morgan fingerprint density at radius 1 is 0.570 bits per heavy atom. The van der Waals surface area contributed by atoms with Crippen molar-refractivity contribution in [2.24, 2.45) is 62.0 Å². The highest BCUT2D eigenvalue weighted by Gasteiger charge is 2.39. The van der Waals surface area contributed by atoms with Crippen molar-refractivity contribution in [3.8, 4) is 5.75 Å². The predicted octanol–water partition coefficient (Wildman–Crippen LogP) is -3.07. The zero-order valence-corrected chi connectivity index (χ0v) is 58.1. The Kier molecular flexibility index (Phi) is 40.2. The van der Waals surface area contributed by atoms with Gasteiger partial charge in [0.2, 0.25) is 65.0 Å². The van der Waals surface area contributed by atoms with Gasteiger partial charge < -0.3 is 108 Å². The number of unbranched alkanes of at least 4 members (excludes halogenated alkanes) is 2. The van der Waals surface area contributed by atoms with Crippen LogP contribution in [0.1, 0.15) is 162 Å². The third-order valence-corrected chi connectivity index (χ3v) is 16.4. The second kappa shape index (κ2) is 46.6. The van der Waals surface area contributed by atoms with E-state index in [0.717, 1.165) is 0 Å². The molecule has 1 aromatic carbocycles. The number of aliphatic imine (C=N–C) groups is 2. The molecule has 35 nitrogen and oxygen atoms in total. The van der Waals surface area contributed by atoms with Crippen molar-refractivity contribution in [2.75, 3.05) is 32.7 Å². The highest BCUT2D eigenvalue weighted by atomic mass is 16.4. The molecule has 100 heavy (non-hydrogen) atoms. The Balaban J connectivity index is 2.61. The Morgan fingerprint density at radius 3 is 1.51 bits per heavy atom. The summed E-state index contributed by atoms with van der Waals surface area (Å²) in [4.78, 5) is 189. The minimum atomic E-state index is -1.79. The lowest BCUT2D eigenvalue weighted by Gasteiger charge is -2.35. The van der Waals surface area contributed by atoms with Crippen LogP contribution in [0, 0.1) is 11.8 Å². The van der Waals surface area contributed by atoms with Gasteiger partial charge in [-0.15, -0.1) is 0 Å². The number of carboxylic acid groups (broad SMARTS) is 2. The van der Waals surface area contributed by atoms with E-state index in [-0.39, 0.29) is 113 Å². The zero-order valence-electron chi connectivity index (χ0n) is 58.1. The number of hydrogen-bond acceptors (Lipinski definition) is 18. The molecule has 1 aliphatic rings. The molecule has 26 N–H and O–H groups in total. The molecule has 35 heteroatoms. The monoisotopic (exact) mass is 1410 g/mol. The summed E-state index contributed by atoms with van der Waals surface area (Å²) in [6.45, 7) is 8.80. The van der Waals surface area contributed by atoms with Crippen LogP contribution in [-0.4, -0.2) is 202 Å². The van der Waals surface area contributed by atoms with Crippen LogP contribution in [-0.2, 0) is 68.7 Å². The first kappa shape index (κ1) is 86.4. The Bertz CT molecular complexity index is 2960. The van der Waals surface area contributed by atoms with Gasteiger partial charge in [-0.1, -0.05) is 58.4 Å². The number of allylic oxidation sites excluding steroid dienone is 1. The van der Waals surface area contributed by atoms with Crippen LogP contribution in [0.15, 0.2) is 46.4 Å².